The molecule has 11 heavy (non-hydrogen) atoms. The first-order chi connectivity index (χ1) is 5.04. The Morgan fingerprint density at radius 1 is 1.00 bits per heavy atom. The van der Waals surface area contributed by atoms with Crippen molar-refractivity contribution in [2.45, 2.75) is 0 Å². The molecule has 0 amide bonds. The molecule has 0 fully saturated rings. The second-order valence-electron chi connectivity index (χ2n) is 1.81. The lowest BCUT2D eigenvalue weighted by Gasteiger charge is -2.00. The minimum atomic E-state index is -1.84. The maximum Gasteiger partial charge on any atom is 0.267 e. The van der Waals surface area contributed by atoms with Crippen LogP contribution < -0.4 is 0 Å². The van der Waals surface area contributed by atoms with Crippen LogP contribution in [0.3, 0.4) is 0 Å². The third kappa shape index (κ3) is 1.09. The number of rotatable bonds is 0. The van der Waals surface area contributed by atoms with Crippen LogP contribution in [0.4, 0.5) is 13.2 Å². The van der Waals surface area contributed by atoms with E-state index in [1.54, 1.807) is 0 Å². The fraction of sp³-hybridized carbons (Fsp3) is 0. The number of Topliss-reactive ketones (excluding diaryl/α,β-unsaturated/α-hetero) is 2. The number of hydrogen-bond acceptors (Lipinski definition) is 2. The number of ketones is 2. The van der Waals surface area contributed by atoms with E-state index in [-0.39, 0.29) is 6.08 Å². The van der Waals surface area contributed by atoms with E-state index in [0.29, 0.717) is 0 Å². The summed E-state index contributed by atoms with van der Waals surface area (Å²) in [5.41, 5.74) is 0. The lowest BCUT2D eigenvalue weighted by molar-refractivity contribution is -0.134. The standard InChI is InChI=1S/C6HF3O2/c7-2-1-3(8)5(10)6(11)4(2)9/h1H. The first-order valence-electron chi connectivity index (χ1n) is 2.55. The van der Waals surface area contributed by atoms with Gasteiger partial charge in [0.15, 0.2) is 11.7 Å². The van der Waals surface area contributed by atoms with Crippen LogP contribution in [0, 0.1) is 0 Å². The lowest BCUT2D eigenvalue weighted by atomic mass is 10.1. The monoisotopic (exact) mass is 162 g/mol. The zero-order chi connectivity index (χ0) is 8.59. The van der Waals surface area contributed by atoms with Gasteiger partial charge in [-0.25, -0.2) is 8.78 Å². The second kappa shape index (κ2) is 2.34. The zero-order valence-corrected chi connectivity index (χ0v) is 5.03. The first kappa shape index (κ1) is 7.71. The molecule has 0 atom stereocenters. The number of carbonyl (C=O) groups is 2. The number of halogens is 3. The van der Waals surface area contributed by atoms with Crippen LogP contribution in [-0.2, 0) is 9.59 Å². The van der Waals surface area contributed by atoms with Crippen molar-refractivity contribution in [3.8, 4) is 0 Å². The van der Waals surface area contributed by atoms with Crippen molar-refractivity contribution in [2.75, 3.05) is 0 Å². The molecule has 0 saturated heterocycles. The molecule has 0 aromatic carbocycles. The van der Waals surface area contributed by atoms with Crippen molar-refractivity contribution in [3.63, 3.8) is 0 Å². The van der Waals surface area contributed by atoms with Gasteiger partial charge < -0.3 is 0 Å². The lowest BCUT2D eigenvalue weighted by Crippen LogP contribution is -2.18. The van der Waals surface area contributed by atoms with E-state index >= 15 is 0 Å². The zero-order valence-electron chi connectivity index (χ0n) is 5.03. The van der Waals surface area contributed by atoms with Crippen LogP contribution in [0.2, 0.25) is 0 Å². The van der Waals surface area contributed by atoms with Gasteiger partial charge in [0.25, 0.3) is 11.6 Å². The molecule has 1 rings (SSSR count). The van der Waals surface area contributed by atoms with E-state index < -0.39 is 29.0 Å². The molecule has 0 aromatic rings. The van der Waals surface area contributed by atoms with Gasteiger partial charge in [-0.05, 0) is 0 Å². The van der Waals surface area contributed by atoms with Gasteiger partial charge in [0.2, 0.25) is 5.83 Å². The predicted molar refractivity (Wildman–Crippen MR) is 28.4 cm³/mol. The van der Waals surface area contributed by atoms with Gasteiger partial charge in [0.05, 0.1) is 0 Å². The minimum Gasteiger partial charge on any atom is -0.282 e. The van der Waals surface area contributed by atoms with Gasteiger partial charge in [0.1, 0.15) is 0 Å². The predicted octanol–water partition coefficient (Wildman–Crippen LogP) is 1.14. The molecule has 0 saturated carbocycles. The summed E-state index contributed by atoms with van der Waals surface area (Å²) in [7, 11) is 0. The third-order valence-corrected chi connectivity index (χ3v) is 1.09. The highest BCUT2D eigenvalue weighted by molar-refractivity contribution is 6.48. The SMILES string of the molecule is O=C1C(=O)C(F)=C(F)C=C1F. The van der Waals surface area contributed by atoms with Gasteiger partial charge in [-0.1, -0.05) is 0 Å². The van der Waals surface area contributed by atoms with Gasteiger partial charge in [-0.2, -0.15) is 4.39 Å². The molecule has 0 aromatic heterocycles. The fourth-order valence-corrected chi connectivity index (χ4v) is 0.557. The van der Waals surface area contributed by atoms with Gasteiger partial charge in [-0.3, -0.25) is 9.59 Å². The Morgan fingerprint density at radius 2 is 1.55 bits per heavy atom. The third-order valence-electron chi connectivity index (χ3n) is 1.09. The number of carbonyl (C=O) groups excluding carboxylic acids is 2. The molecule has 0 bridgehead atoms. The fourth-order valence-electron chi connectivity index (χ4n) is 0.557. The van der Waals surface area contributed by atoms with Crippen LogP contribution >= 0.6 is 0 Å². The maximum absolute atomic E-state index is 12.1. The Balaban J connectivity index is 3.22. The molecule has 0 spiro atoms. The Labute approximate surface area is 59.0 Å². The summed E-state index contributed by atoms with van der Waals surface area (Å²) in [6, 6.07) is 0. The van der Waals surface area contributed by atoms with Crippen molar-refractivity contribution in [1.82, 2.24) is 0 Å². The smallest absolute Gasteiger partial charge is 0.267 e. The van der Waals surface area contributed by atoms with E-state index in [0.717, 1.165) is 0 Å². The maximum atomic E-state index is 12.1. The molecule has 58 valence electrons. The van der Waals surface area contributed by atoms with Crippen molar-refractivity contribution >= 4 is 11.6 Å². The molecule has 2 nitrogen and oxygen atoms in total. The summed E-state index contributed by atoms with van der Waals surface area (Å²) in [6.07, 6.45) is 0.0407. The van der Waals surface area contributed by atoms with E-state index in [9.17, 15) is 22.8 Å². The summed E-state index contributed by atoms with van der Waals surface area (Å²) in [6.45, 7) is 0. The summed E-state index contributed by atoms with van der Waals surface area (Å²) >= 11 is 0. The van der Waals surface area contributed by atoms with E-state index in [4.69, 9.17) is 0 Å². The summed E-state index contributed by atoms with van der Waals surface area (Å²) in [5, 5.41) is 0. The topological polar surface area (TPSA) is 34.1 Å². The molecule has 1 aliphatic carbocycles. The van der Waals surface area contributed by atoms with Crippen LogP contribution in [0.25, 0.3) is 0 Å². The summed E-state index contributed by atoms with van der Waals surface area (Å²) in [5.74, 6) is -8.48. The average Bonchev–Trinajstić information content (AvgIpc) is 1.97. The highest BCUT2D eigenvalue weighted by Gasteiger charge is 2.30. The highest BCUT2D eigenvalue weighted by Crippen LogP contribution is 2.20. The van der Waals surface area contributed by atoms with Gasteiger partial charge in [0, 0.05) is 6.08 Å². The van der Waals surface area contributed by atoms with Crippen molar-refractivity contribution < 1.29 is 22.8 Å². The van der Waals surface area contributed by atoms with E-state index in [1.165, 1.54) is 0 Å². The van der Waals surface area contributed by atoms with Crippen molar-refractivity contribution in [2.24, 2.45) is 0 Å². The first-order valence-corrected chi connectivity index (χ1v) is 2.55. The minimum absolute atomic E-state index is 0.0407. The Morgan fingerprint density at radius 3 is 2.09 bits per heavy atom. The van der Waals surface area contributed by atoms with Crippen LogP contribution in [0.15, 0.2) is 23.6 Å². The highest BCUT2D eigenvalue weighted by atomic mass is 19.2. The van der Waals surface area contributed by atoms with Crippen molar-refractivity contribution in [3.05, 3.63) is 23.6 Å². The van der Waals surface area contributed by atoms with Crippen LogP contribution in [0.5, 0.6) is 0 Å². The molecule has 0 radical (unpaired) electrons. The molecule has 0 N–H and O–H groups in total. The number of hydrogen-bond donors (Lipinski definition) is 0. The second-order valence-corrected chi connectivity index (χ2v) is 1.81. The Bertz CT molecular complexity index is 297. The molecule has 5 heteroatoms. The molecule has 0 aliphatic heterocycles. The van der Waals surface area contributed by atoms with Gasteiger partial charge in [-0.15, -0.1) is 0 Å². The van der Waals surface area contributed by atoms with Gasteiger partial charge >= 0.3 is 0 Å². The number of allylic oxidation sites excluding steroid dienone is 4. The Hall–Kier alpha value is -1.39. The van der Waals surface area contributed by atoms with Crippen LogP contribution in [-0.4, -0.2) is 11.6 Å². The van der Waals surface area contributed by atoms with Crippen molar-refractivity contribution in [1.29, 1.82) is 0 Å². The largest absolute Gasteiger partial charge is 0.282 e. The Kier molecular flexibility index (Phi) is 1.64. The normalized spacial score (nSPS) is 19.0. The molecular weight excluding hydrogens is 161 g/mol. The molecule has 0 unspecified atom stereocenters. The van der Waals surface area contributed by atoms with E-state index in [1.807, 2.05) is 0 Å². The average molecular weight is 162 g/mol. The molecule has 1 aliphatic rings. The quantitative estimate of drug-likeness (QED) is 0.395. The van der Waals surface area contributed by atoms with E-state index in [2.05, 4.69) is 0 Å². The summed E-state index contributed by atoms with van der Waals surface area (Å²) < 4.78 is 36.3. The molecule has 0 heterocycles. The summed E-state index contributed by atoms with van der Waals surface area (Å²) in [4.78, 5) is 20.5. The molecular formula is C6HF3O2. The van der Waals surface area contributed by atoms with Crippen LogP contribution in [0.1, 0.15) is 0 Å².